The summed E-state index contributed by atoms with van der Waals surface area (Å²) in [6.45, 7) is 0. The number of hydrogen-bond acceptors (Lipinski definition) is 3. The zero-order valence-corrected chi connectivity index (χ0v) is 6.80. The van der Waals surface area contributed by atoms with E-state index >= 15 is 0 Å². The summed E-state index contributed by atoms with van der Waals surface area (Å²) < 4.78 is 24.5. The van der Waals surface area contributed by atoms with Crippen molar-refractivity contribution in [2.24, 2.45) is 0 Å². The average Bonchev–Trinajstić information content (AvgIpc) is 0.811. The van der Waals surface area contributed by atoms with Gasteiger partial charge in [0.05, 0.1) is 0 Å². The third kappa shape index (κ3) is 28.2. The Balaban J connectivity index is 0. The monoisotopic (exact) mass is 199 g/mol. The summed E-state index contributed by atoms with van der Waals surface area (Å²) in [6, 6.07) is 0. The summed E-state index contributed by atoms with van der Waals surface area (Å²) in [4.78, 5) is 0. The minimum atomic E-state index is -3.76. The maximum Gasteiger partial charge on any atom is 0.503 e. The van der Waals surface area contributed by atoms with Crippen LogP contribution >= 0.6 is 0 Å². The topological polar surface area (TPSA) is 66.3 Å². The summed E-state index contributed by atoms with van der Waals surface area (Å²) >= 11 is -3.76. The Morgan fingerprint density at radius 1 is 1.40 bits per heavy atom. The molecular formula is HINaO3. The Bertz CT molecular complexity index is 11.6. The van der Waals surface area contributed by atoms with E-state index in [0.29, 0.717) is 0 Å². The van der Waals surface area contributed by atoms with Gasteiger partial charge in [0, 0.05) is 29.6 Å². The summed E-state index contributed by atoms with van der Waals surface area (Å²) in [5.41, 5.74) is 0. The molecule has 0 rings (SSSR count). The van der Waals surface area contributed by atoms with Gasteiger partial charge in [-0.05, 0) is 3.44 Å². The maximum atomic E-state index is 8.68. The molecule has 0 bridgehead atoms. The predicted octanol–water partition coefficient (Wildman–Crippen LogP) is -6.31. The Labute approximate surface area is 60.3 Å². The van der Waals surface area contributed by atoms with Crippen LogP contribution in [0.1, 0.15) is 0 Å². The van der Waals surface area contributed by atoms with Crippen molar-refractivity contribution in [3.63, 3.8) is 0 Å². The molecule has 0 aliphatic carbocycles. The van der Waals surface area contributed by atoms with E-state index in [1.165, 1.54) is 0 Å². The molecule has 5 heteroatoms. The second kappa shape index (κ2) is 5.61. The average molecular weight is 199 g/mol. The molecule has 0 saturated carbocycles. The summed E-state index contributed by atoms with van der Waals surface area (Å²) in [5.74, 6) is 0. The predicted molar refractivity (Wildman–Crippen MR) is 7.97 cm³/mol. The Hall–Kier alpha value is 1.61. The van der Waals surface area contributed by atoms with E-state index in [9.17, 15) is 0 Å². The first-order chi connectivity index (χ1) is 1.73. The van der Waals surface area contributed by atoms with Gasteiger partial charge in [0.1, 0.15) is 0 Å². The van der Waals surface area contributed by atoms with Crippen LogP contribution in [0.25, 0.3) is 0 Å². The molecule has 0 heterocycles. The van der Waals surface area contributed by atoms with Gasteiger partial charge in [-0.2, -0.15) is 0 Å². The zero-order chi connectivity index (χ0) is 3.58. The van der Waals surface area contributed by atoms with Gasteiger partial charge in [0.2, 0.25) is 0 Å². The van der Waals surface area contributed by atoms with Gasteiger partial charge in [-0.3, -0.25) is 0 Å². The Morgan fingerprint density at radius 2 is 1.40 bits per heavy atom. The first kappa shape index (κ1) is 9.79. The third-order valence-electron chi connectivity index (χ3n) is 0. The Morgan fingerprint density at radius 3 is 1.40 bits per heavy atom. The van der Waals surface area contributed by atoms with Crippen molar-refractivity contribution >= 4 is 29.6 Å². The molecule has 27 valence electrons. The van der Waals surface area contributed by atoms with Gasteiger partial charge >= 0.3 is 21.1 Å². The fourth-order valence-corrected chi connectivity index (χ4v) is 0. The minimum Gasteiger partial charge on any atom is -0.396 e. The molecule has 5 heavy (non-hydrogen) atoms. The van der Waals surface area contributed by atoms with Crippen molar-refractivity contribution in [2.75, 3.05) is 0 Å². The number of hydrogen-bond donors (Lipinski definition) is 1. The molecule has 0 unspecified atom stereocenters. The summed E-state index contributed by atoms with van der Waals surface area (Å²) in [7, 11) is 0. The smallest absolute Gasteiger partial charge is 0.396 e. The van der Waals surface area contributed by atoms with Crippen molar-refractivity contribution in [1.29, 1.82) is 0 Å². The zero-order valence-electron chi connectivity index (χ0n) is 2.64. The van der Waals surface area contributed by atoms with Crippen LogP contribution in [0.2, 0.25) is 0 Å². The van der Waals surface area contributed by atoms with Crippen LogP contribution in [0.3, 0.4) is 0 Å². The molecule has 1 N–H and O–H groups in total. The molecule has 0 amide bonds. The molecule has 0 aromatic rings. The van der Waals surface area contributed by atoms with Gasteiger partial charge in [0.15, 0.2) is 0 Å². The van der Waals surface area contributed by atoms with Gasteiger partial charge in [-0.25, -0.2) is 0 Å². The van der Waals surface area contributed by atoms with Crippen LogP contribution in [0.4, 0.5) is 0 Å². The van der Waals surface area contributed by atoms with E-state index in [2.05, 4.69) is 0 Å². The standard InChI is InChI=1S/HIO3.Na/c2-1(3)4;/h2H;. The van der Waals surface area contributed by atoms with E-state index in [1.807, 2.05) is 0 Å². The summed E-state index contributed by atoms with van der Waals surface area (Å²) in [5, 5.41) is 0. The van der Waals surface area contributed by atoms with Crippen molar-refractivity contribution in [1.82, 2.24) is 0 Å². The van der Waals surface area contributed by atoms with Gasteiger partial charge < -0.3 is 6.87 Å². The summed E-state index contributed by atoms with van der Waals surface area (Å²) in [6.07, 6.45) is 0. The molecule has 3 nitrogen and oxygen atoms in total. The number of rotatable bonds is 0. The molecule has 0 fully saturated rings. The van der Waals surface area contributed by atoms with Gasteiger partial charge in [-0.15, -0.1) is 0 Å². The van der Waals surface area contributed by atoms with Crippen LogP contribution in [0.5, 0.6) is 0 Å². The first-order valence-corrected chi connectivity index (χ1v) is 3.20. The van der Waals surface area contributed by atoms with E-state index in [-0.39, 0.29) is 29.6 Å². The van der Waals surface area contributed by atoms with Crippen LogP contribution in [0, 0.1) is 0 Å². The van der Waals surface area contributed by atoms with E-state index in [4.69, 9.17) is 10.3 Å². The Kier molecular flexibility index (Phi) is 11.0. The van der Waals surface area contributed by atoms with E-state index < -0.39 is 21.1 Å². The van der Waals surface area contributed by atoms with Crippen LogP contribution in [-0.4, -0.2) is 33.0 Å². The molecular weight excluding hydrogens is 198 g/mol. The van der Waals surface area contributed by atoms with Crippen molar-refractivity contribution in [2.45, 2.75) is 0 Å². The second-order valence-electron chi connectivity index (χ2n) is 0.201. The molecule has 0 aliphatic heterocycles. The molecule has 0 atom stereocenters. The van der Waals surface area contributed by atoms with E-state index in [1.54, 1.807) is 0 Å². The van der Waals surface area contributed by atoms with Gasteiger partial charge in [-0.1, -0.05) is 0 Å². The van der Waals surface area contributed by atoms with Crippen LogP contribution in [0.15, 0.2) is 0 Å². The first-order valence-electron chi connectivity index (χ1n) is 0.478. The second-order valence-corrected chi connectivity index (χ2v) is 1.35. The van der Waals surface area contributed by atoms with E-state index in [0.717, 1.165) is 0 Å². The maximum absolute atomic E-state index is 8.68. The molecule has 0 aromatic heterocycles. The van der Waals surface area contributed by atoms with Crippen LogP contribution in [-0.2, 0) is 0 Å². The fraction of sp³-hybridized carbons (Fsp3) is 0. The largest absolute Gasteiger partial charge is 0.503 e. The number of halogens is 1. The van der Waals surface area contributed by atoms with Crippen molar-refractivity contribution < 1.29 is 31.4 Å². The molecule has 0 spiro atoms. The fourth-order valence-electron chi connectivity index (χ4n) is 0. The van der Waals surface area contributed by atoms with Gasteiger partial charge in [0.25, 0.3) is 0 Å². The normalized spacial score (nSPS) is 7.20. The van der Waals surface area contributed by atoms with Crippen LogP contribution < -0.4 is 27.9 Å². The molecule has 0 aromatic carbocycles. The third-order valence-corrected chi connectivity index (χ3v) is 0. The minimum absolute atomic E-state index is 0. The van der Waals surface area contributed by atoms with Crippen molar-refractivity contribution in [3.05, 3.63) is 0 Å². The molecule has 0 aliphatic rings. The molecule has 0 saturated heterocycles. The quantitative estimate of drug-likeness (QED) is 0.311. The SMILES string of the molecule is [Na].[O-][I+2]([O-])O. The van der Waals surface area contributed by atoms with Crippen molar-refractivity contribution in [3.8, 4) is 0 Å². The molecule has 1 radical (unpaired) electrons.